The van der Waals surface area contributed by atoms with Crippen molar-refractivity contribution in [1.82, 2.24) is 5.32 Å². The predicted octanol–water partition coefficient (Wildman–Crippen LogP) is -0.105. The van der Waals surface area contributed by atoms with Gasteiger partial charge in [-0.25, -0.2) is 0 Å². The van der Waals surface area contributed by atoms with E-state index in [-0.39, 0.29) is 5.91 Å². The van der Waals surface area contributed by atoms with E-state index in [0.29, 0.717) is 33.0 Å². The van der Waals surface area contributed by atoms with Crippen LogP contribution in [0.1, 0.15) is 19.8 Å². The first-order valence-electron chi connectivity index (χ1n) is 5.37. The van der Waals surface area contributed by atoms with E-state index in [9.17, 15) is 4.79 Å². The monoisotopic (exact) mass is 218 g/mol. The lowest BCUT2D eigenvalue weighted by Gasteiger charge is -2.05. The molecule has 15 heavy (non-hydrogen) atoms. The lowest BCUT2D eigenvalue weighted by molar-refractivity contribution is -0.118. The molecular formula is C10H22N2O3. The number of carbonyl (C=O) groups is 1. The minimum atomic E-state index is 0.0195. The van der Waals surface area contributed by atoms with Gasteiger partial charge < -0.3 is 20.5 Å². The lowest BCUT2D eigenvalue weighted by Crippen LogP contribution is -2.21. The Kier molecular flexibility index (Phi) is 10.9. The van der Waals surface area contributed by atoms with E-state index < -0.39 is 0 Å². The van der Waals surface area contributed by atoms with E-state index in [4.69, 9.17) is 15.2 Å². The number of ether oxygens (including phenoxy) is 2. The molecule has 1 amide bonds. The number of nitrogens with two attached hydrogens (primary N) is 1. The summed E-state index contributed by atoms with van der Waals surface area (Å²) in [6.45, 7) is 5.31. The molecule has 0 unspecified atom stereocenters. The summed E-state index contributed by atoms with van der Waals surface area (Å²) in [7, 11) is 0. The first kappa shape index (κ1) is 14.3. The summed E-state index contributed by atoms with van der Waals surface area (Å²) in [5, 5.41) is 2.73. The normalized spacial score (nSPS) is 10.3. The maximum Gasteiger partial charge on any atom is 0.216 e. The fourth-order valence-corrected chi connectivity index (χ4v) is 0.999. The summed E-state index contributed by atoms with van der Waals surface area (Å²) in [5.41, 5.74) is 5.25. The first-order chi connectivity index (χ1) is 7.27. The zero-order valence-corrected chi connectivity index (χ0v) is 9.46. The molecule has 0 aromatic carbocycles. The van der Waals surface area contributed by atoms with Crippen LogP contribution in [0.4, 0.5) is 0 Å². The summed E-state index contributed by atoms with van der Waals surface area (Å²) in [5.74, 6) is 0.0195. The molecule has 0 aliphatic carbocycles. The van der Waals surface area contributed by atoms with Crippen LogP contribution in [0.3, 0.4) is 0 Å². The number of carbonyl (C=O) groups excluding carboxylic acids is 1. The van der Waals surface area contributed by atoms with Crippen LogP contribution in [0.5, 0.6) is 0 Å². The van der Waals surface area contributed by atoms with Crippen LogP contribution in [-0.4, -0.2) is 45.4 Å². The van der Waals surface area contributed by atoms with Gasteiger partial charge in [0.05, 0.1) is 19.8 Å². The van der Waals surface area contributed by atoms with Gasteiger partial charge in [-0.05, 0) is 12.8 Å². The molecule has 0 bridgehead atoms. The Balaban J connectivity index is 2.89. The lowest BCUT2D eigenvalue weighted by atomic mass is 10.3. The summed E-state index contributed by atoms with van der Waals surface area (Å²) in [4.78, 5) is 10.5. The van der Waals surface area contributed by atoms with Gasteiger partial charge in [0, 0.05) is 26.6 Å². The van der Waals surface area contributed by atoms with Gasteiger partial charge in [0.2, 0.25) is 5.91 Å². The van der Waals surface area contributed by atoms with Crippen LogP contribution in [-0.2, 0) is 14.3 Å². The number of hydrogen-bond acceptors (Lipinski definition) is 4. The van der Waals surface area contributed by atoms with Crippen molar-refractivity contribution in [3.63, 3.8) is 0 Å². The summed E-state index contributed by atoms with van der Waals surface area (Å²) >= 11 is 0. The minimum Gasteiger partial charge on any atom is -0.379 e. The molecule has 5 nitrogen and oxygen atoms in total. The maximum absolute atomic E-state index is 10.5. The smallest absolute Gasteiger partial charge is 0.216 e. The Bertz CT molecular complexity index is 154. The van der Waals surface area contributed by atoms with E-state index in [2.05, 4.69) is 5.32 Å². The molecule has 90 valence electrons. The third kappa shape index (κ3) is 13.3. The third-order valence-corrected chi connectivity index (χ3v) is 1.72. The van der Waals surface area contributed by atoms with Crippen molar-refractivity contribution >= 4 is 5.91 Å². The summed E-state index contributed by atoms with van der Waals surface area (Å²) in [6, 6.07) is 0. The van der Waals surface area contributed by atoms with Crippen molar-refractivity contribution in [2.75, 3.05) is 39.5 Å². The van der Waals surface area contributed by atoms with E-state index in [0.717, 1.165) is 19.4 Å². The van der Waals surface area contributed by atoms with Gasteiger partial charge in [-0.2, -0.15) is 0 Å². The second-order valence-corrected chi connectivity index (χ2v) is 3.20. The van der Waals surface area contributed by atoms with E-state index in [1.54, 1.807) is 0 Å². The fraction of sp³-hybridized carbons (Fsp3) is 0.900. The highest BCUT2D eigenvalue weighted by Crippen LogP contribution is 1.88. The highest BCUT2D eigenvalue weighted by Gasteiger charge is 1.92. The molecule has 0 radical (unpaired) electrons. The van der Waals surface area contributed by atoms with Gasteiger partial charge in [-0.3, -0.25) is 4.79 Å². The largest absolute Gasteiger partial charge is 0.379 e. The number of amides is 1. The van der Waals surface area contributed by atoms with Crippen molar-refractivity contribution in [3.05, 3.63) is 0 Å². The van der Waals surface area contributed by atoms with Crippen molar-refractivity contribution < 1.29 is 14.3 Å². The molecule has 0 aliphatic rings. The van der Waals surface area contributed by atoms with E-state index in [1.807, 2.05) is 0 Å². The van der Waals surface area contributed by atoms with Gasteiger partial charge >= 0.3 is 0 Å². The quantitative estimate of drug-likeness (QED) is 0.502. The molecule has 0 atom stereocenters. The average Bonchev–Trinajstić information content (AvgIpc) is 2.20. The number of rotatable bonds is 10. The molecule has 0 heterocycles. The Labute approximate surface area is 91.3 Å². The molecule has 0 spiro atoms. The molecule has 0 aromatic rings. The van der Waals surface area contributed by atoms with Crippen molar-refractivity contribution in [3.8, 4) is 0 Å². The van der Waals surface area contributed by atoms with Crippen LogP contribution < -0.4 is 11.1 Å². The summed E-state index contributed by atoms with van der Waals surface area (Å²) < 4.78 is 10.4. The summed E-state index contributed by atoms with van der Waals surface area (Å²) in [6.07, 6.45) is 1.90. The van der Waals surface area contributed by atoms with Gasteiger partial charge in [0.15, 0.2) is 0 Å². The Morgan fingerprint density at radius 1 is 1.13 bits per heavy atom. The molecule has 0 saturated heterocycles. The maximum atomic E-state index is 10.5. The van der Waals surface area contributed by atoms with Crippen LogP contribution in [0.25, 0.3) is 0 Å². The molecule has 3 N–H and O–H groups in total. The van der Waals surface area contributed by atoms with Crippen molar-refractivity contribution in [2.24, 2.45) is 5.73 Å². The van der Waals surface area contributed by atoms with Gasteiger partial charge in [-0.1, -0.05) is 0 Å². The van der Waals surface area contributed by atoms with Crippen LogP contribution in [0.15, 0.2) is 0 Å². The molecule has 0 saturated carbocycles. The average molecular weight is 218 g/mol. The standard InChI is InChI=1S/C10H22N2O3/c1-10(13)12-5-2-3-6-14-8-9-15-7-4-11/h2-9,11H2,1H3,(H,12,13). The van der Waals surface area contributed by atoms with Crippen LogP contribution in [0, 0.1) is 0 Å². The minimum absolute atomic E-state index is 0.0195. The van der Waals surface area contributed by atoms with Crippen molar-refractivity contribution in [1.29, 1.82) is 0 Å². The second kappa shape index (κ2) is 11.4. The molecule has 0 aliphatic heterocycles. The third-order valence-electron chi connectivity index (χ3n) is 1.72. The van der Waals surface area contributed by atoms with Crippen LogP contribution in [0.2, 0.25) is 0 Å². The number of unbranched alkanes of at least 4 members (excludes halogenated alkanes) is 1. The van der Waals surface area contributed by atoms with Gasteiger partial charge in [-0.15, -0.1) is 0 Å². The van der Waals surface area contributed by atoms with E-state index >= 15 is 0 Å². The Morgan fingerprint density at radius 3 is 2.40 bits per heavy atom. The highest BCUT2D eigenvalue weighted by molar-refractivity contribution is 5.72. The van der Waals surface area contributed by atoms with E-state index in [1.165, 1.54) is 6.92 Å². The highest BCUT2D eigenvalue weighted by atomic mass is 16.5. The predicted molar refractivity (Wildman–Crippen MR) is 58.6 cm³/mol. The second-order valence-electron chi connectivity index (χ2n) is 3.20. The van der Waals surface area contributed by atoms with Crippen molar-refractivity contribution in [2.45, 2.75) is 19.8 Å². The molecule has 5 heteroatoms. The Morgan fingerprint density at radius 2 is 1.80 bits per heavy atom. The molecule has 0 rings (SSSR count). The zero-order chi connectivity index (χ0) is 11.4. The Hall–Kier alpha value is -0.650. The first-order valence-corrected chi connectivity index (χ1v) is 5.37. The fourth-order valence-electron chi connectivity index (χ4n) is 0.999. The van der Waals surface area contributed by atoms with Gasteiger partial charge in [0.25, 0.3) is 0 Å². The number of nitrogens with one attached hydrogen (secondary N) is 1. The zero-order valence-electron chi connectivity index (χ0n) is 9.46. The molecule has 0 fully saturated rings. The molecule has 0 aromatic heterocycles. The van der Waals surface area contributed by atoms with Crippen LogP contribution >= 0.6 is 0 Å². The van der Waals surface area contributed by atoms with Gasteiger partial charge in [0.1, 0.15) is 0 Å². The topological polar surface area (TPSA) is 73.6 Å². The molecular weight excluding hydrogens is 196 g/mol. The SMILES string of the molecule is CC(=O)NCCCCOCCOCCN. The number of hydrogen-bond donors (Lipinski definition) is 2.